The standard InChI is InChI=1S/C11H15N3O2/c1-3-9-8(5-7-15-9)11-13-10(14-16-11)4-6-12-2/h5,7,12H,3-4,6H2,1-2H3. The molecule has 5 nitrogen and oxygen atoms in total. The molecule has 0 fully saturated rings. The highest BCUT2D eigenvalue weighted by Crippen LogP contribution is 2.23. The lowest BCUT2D eigenvalue weighted by Gasteiger charge is -1.92. The van der Waals surface area contributed by atoms with Gasteiger partial charge in [-0.15, -0.1) is 0 Å². The van der Waals surface area contributed by atoms with Crippen molar-refractivity contribution < 1.29 is 8.94 Å². The van der Waals surface area contributed by atoms with Crippen LogP contribution in [0.5, 0.6) is 0 Å². The van der Waals surface area contributed by atoms with Crippen molar-refractivity contribution in [2.45, 2.75) is 19.8 Å². The summed E-state index contributed by atoms with van der Waals surface area (Å²) >= 11 is 0. The summed E-state index contributed by atoms with van der Waals surface area (Å²) < 4.78 is 10.5. The monoisotopic (exact) mass is 221 g/mol. The quantitative estimate of drug-likeness (QED) is 0.831. The van der Waals surface area contributed by atoms with Gasteiger partial charge >= 0.3 is 0 Å². The molecule has 0 amide bonds. The minimum absolute atomic E-state index is 0.539. The van der Waals surface area contributed by atoms with E-state index in [4.69, 9.17) is 8.94 Å². The smallest absolute Gasteiger partial charge is 0.261 e. The fourth-order valence-electron chi connectivity index (χ4n) is 1.51. The average molecular weight is 221 g/mol. The number of hydrogen-bond donors (Lipinski definition) is 1. The largest absolute Gasteiger partial charge is 0.469 e. The lowest BCUT2D eigenvalue weighted by molar-refractivity contribution is 0.420. The second-order valence-electron chi connectivity index (χ2n) is 3.48. The summed E-state index contributed by atoms with van der Waals surface area (Å²) in [7, 11) is 1.90. The summed E-state index contributed by atoms with van der Waals surface area (Å²) in [6.45, 7) is 2.87. The van der Waals surface area contributed by atoms with Crippen molar-refractivity contribution in [2.75, 3.05) is 13.6 Å². The van der Waals surface area contributed by atoms with Crippen LogP contribution in [0, 0.1) is 0 Å². The van der Waals surface area contributed by atoms with Crippen LogP contribution in [0.1, 0.15) is 18.5 Å². The lowest BCUT2D eigenvalue weighted by Crippen LogP contribution is -2.11. The van der Waals surface area contributed by atoms with Crippen molar-refractivity contribution >= 4 is 0 Å². The lowest BCUT2D eigenvalue weighted by atomic mass is 10.2. The third kappa shape index (κ3) is 2.14. The fourth-order valence-corrected chi connectivity index (χ4v) is 1.51. The van der Waals surface area contributed by atoms with Crippen LogP contribution in [-0.4, -0.2) is 23.7 Å². The molecule has 0 unspecified atom stereocenters. The average Bonchev–Trinajstić information content (AvgIpc) is 2.94. The number of hydrogen-bond acceptors (Lipinski definition) is 5. The molecule has 0 atom stereocenters. The van der Waals surface area contributed by atoms with Crippen LogP contribution in [0.25, 0.3) is 11.5 Å². The first kappa shape index (κ1) is 10.9. The van der Waals surface area contributed by atoms with E-state index in [1.54, 1.807) is 6.26 Å². The highest BCUT2D eigenvalue weighted by molar-refractivity contribution is 5.55. The molecule has 0 saturated carbocycles. The van der Waals surface area contributed by atoms with Crippen molar-refractivity contribution in [3.63, 3.8) is 0 Å². The van der Waals surface area contributed by atoms with Gasteiger partial charge in [-0.25, -0.2) is 0 Å². The second-order valence-corrected chi connectivity index (χ2v) is 3.48. The molecule has 0 spiro atoms. The molecule has 0 aliphatic heterocycles. The van der Waals surface area contributed by atoms with Crippen molar-refractivity contribution in [3.8, 4) is 11.5 Å². The topological polar surface area (TPSA) is 64.1 Å². The molecule has 16 heavy (non-hydrogen) atoms. The van der Waals surface area contributed by atoms with Crippen LogP contribution in [0.3, 0.4) is 0 Å². The zero-order valence-corrected chi connectivity index (χ0v) is 9.49. The molecule has 2 rings (SSSR count). The van der Waals surface area contributed by atoms with Gasteiger partial charge in [0.25, 0.3) is 5.89 Å². The zero-order chi connectivity index (χ0) is 11.4. The Balaban J connectivity index is 2.18. The summed E-state index contributed by atoms with van der Waals surface area (Å²) in [5.41, 5.74) is 0.894. The predicted octanol–water partition coefficient (Wildman–Crippen LogP) is 1.65. The maximum atomic E-state index is 5.32. The Morgan fingerprint density at radius 2 is 2.31 bits per heavy atom. The number of rotatable bonds is 5. The van der Waals surface area contributed by atoms with Gasteiger partial charge in [0.2, 0.25) is 0 Å². The number of aryl methyl sites for hydroxylation is 1. The Bertz CT molecular complexity index is 448. The van der Waals surface area contributed by atoms with E-state index in [9.17, 15) is 0 Å². The third-order valence-corrected chi connectivity index (χ3v) is 2.36. The van der Waals surface area contributed by atoms with Gasteiger partial charge in [0.15, 0.2) is 5.82 Å². The van der Waals surface area contributed by atoms with Crippen LogP contribution >= 0.6 is 0 Å². The van der Waals surface area contributed by atoms with Gasteiger partial charge in [0, 0.05) is 19.4 Å². The van der Waals surface area contributed by atoms with E-state index in [1.807, 2.05) is 20.0 Å². The van der Waals surface area contributed by atoms with Crippen molar-refractivity contribution in [3.05, 3.63) is 23.9 Å². The zero-order valence-electron chi connectivity index (χ0n) is 9.49. The van der Waals surface area contributed by atoms with E-state index in [1.165, 1.54) is 0 Å². The van der Waals surface area contributed by atoms with Crippen LogP contribution in [-0.2, 0) is 12.8 Å². The molecule has 0 saturated heterocycles. The number of likely N-dealkylation sites (N-methyl/N-ethyl adjacent to an activating group) is 1. The Morgan fingerprint density at radius 1 is 1.44 bits per heavy atom. The van der Waals surface area contributed by atoms with E-state index < -0.39 is 0 Å². The molecule has 86 valence electrons. The van der Waals surface area contributed by atoms with E-state index >= 15 is 0 Å². The molecule has 0 bridgehead atoms. The number of nitrogens with one attached hydrogen (secondary N) is 1. The number of furan rings is 1. The second kappa shape index (κ2) is 4.94. The highest BCUT2D eigenvalue weighted by Gasteiger charge is 2.14. The summed E-state index contributed by atoms with van der Waals surface area (Å²) in [6, 6.07) is 1.86. The van der Waals surface area contributed by atoms with Gasteiger partial charge in [-0.1, -0.05) is 12.1 Å². The highest BCUT2D eigenvalue weighted by atomic mass is 16.5. The van der Waals surface area contributed by atoms with Gasteiger partial charge in [0.05, 0.1) is 11.8 Å². The molecular formula is C11H15N3O2. The van der Waals surface area contributed by atoms with Gasteiger partial charge in [-0.3, -0.25) is 0 Å². The molecule has 1 N–H and O–H groups in total. The first-order valence-corrected chi connectivity index (χ1v) is 5.39. The Hall–Kier alpha value is -1.62. The molecule has 0 aliphatic carbocycles. The van der Waals surface area contributed by atoms with Crippen molar-refractivity contribution in [2.24, 2.45) is 0 Å². The normalized spacial score (nSPS) is 10.9. The first-order chi connectivity index (χ1) is 7.85. The van der Waals surface area contributed by atoms with Crippen LogP contribution in [0.4, 0.5) is 0 Å². The van der Waals surface area contributed by atoms with E-state index in [0.717, 1.165) is 30.7 Å². The van der Waals surface area contributed by atoms with E-state index in [0.29, 0.717) is 11.7 Å². The Morgan fingerprint density at radius 3 is 3.06 bits per heavy atom. The summed E-state index contributed by atoms with van der Waals surface area (Å²) in [5, 5.41) is 6.96. The van der Waals surface area contributed by atoms with E-state index in [2.05, 4.69) is 15.5 Å². The molecule has 0 aromatic carbocycles. The predicted molar refractivity (Wildman–Crippen MR) is 59.0 cm³/mol. The van der Waals surface area contributed by atoms with Crippen LogP contribution in [0.15, 0.2) is 21.3 Å². The van der Waals surface area contributed by atoms with Gasteiger partial charge in [0.1, 0.15) is 5.76 Å². The molecule has 2 aromatic rings. The maximum absolute atomic E-state index is 5.32. The van der Waals surface area contributed by atoms with Gasteiger partial charge in [-0.2, -0.15) is 4.98 Å². The van der Waals surface area contributed by atoms with Crippen LogP contribution in [0.2, 0.25) is 0 Å². The molecule has 2 aromatic heterocycles. The number of nitrogens with zero attached hydrogens (tertiary/aromatic N) is 2. The minimum Gasteiger partial charge on any atom is -0.469 e. The molecule has 0 radical (unpaired) electrons. The van der Waals surface area contributed by atoms with Gasteiger partial charge in [-0.05, 0) is 13.1 Å². The third-order valence-electron chi connectivity index (χ3n) is 2.36. The fraction of sp³-hybridized carbons (Fsp3) is 0.455. The summed E-state index contributed by atoms with van der Waals surface area (Å²) in [5.74, 6) is 2.13. The molecule has 0 aliphatic rings. The Kier molecular flexibility index (Phi) is 3.36. The van der Waals surface area contributed by atoms with Crippen molar-refractivity contribution in [1.29, 1.82) is 0 Å². The SMILES string of the molecule is CCc1occc1-c1nc(CCNC)no1. The summed E-state index contributed by atoms with van der Waals surface area (Å²) in [4.78, 5) is 4.32. The molecule has 5 heteroatoms. The molecular weight excluding hydrogens is 206 g/mol. The van der Waals surface area contributed by atoms with Crippen LogP contribution < -0.4 is 5.32 Å². The van der Waals surface area contributed by atoms with E-state index in [-0.39, 0.29) is 0 Å². The summed E-state index contributed by atoms with van der Waals surface area (Å²) in [6.07, 6.45) is 3.22. The minimum atomic E-state index is 0.539. The van der Waals surface area contributed by atoms with Gasteiger partial charge < -0.3 is 14.3 Å². The molecule has 2 heterocycles. The maximum Gasteiger partial charge on any atom is 0.261 e. The first-order valence-electron chi connectivity index (χ1n) is 5.39. The Labute approximate surface area is 93.8 Å². The van der Waals surface area contributed by atoms with Crippen molar-refractivity contribution in [1.82, 2.24) is 15.5 Å². The number of aromatic nitrogens is 2.